The number of pyridine rings is 1. The highest BCUT2D eigenvalue weighted by molar-refractivity contribution is 5.73. The Morgan fingerprint density at radius 3 is 2.16 bits per heavy atom. The van der Waals surface area contributed by atoms with Gasteiger partial charge in [0.2, 0.25) is 0 Å². The average Bonchev–Trinajstić information content (AvgIpc) is 3.07. The van der Waals surface area contributed by atoms with Gasteiger partial charge in [-0.1, -0.05) is 0 Å². The van der Waals surface area contributed by atoms with Gasteiger partial charge in [-0.15, -0.1) is 0 Å². The minimum Gasteiger partial charge on any atom is -0.493 e. The van der Waals surface area contributed by atoms with Gasteiger partial charge in [0.25, 0.3) is 0 Å². The lowest BCUT2D eigenvalue weighted by molar-refractivity contribution is 0.415. The molecule has 0 atom stereocenters. The van der Waals surface area contributed by atoms with Crippen molar-refractivity contribution in [2.75, 3.05) is 17.7 Å². The van der Waals surface area contributed by atoms with E-state index in [0.29, 0.717) is 29.0 Å². The highest BCUT2D eigenvalue weighted by Crippen LogP contribution is 2.34. The van der Waals surface area contributed by atoms with Gasteiger partial charge in [0, 0.05) is 47.4 Å². The number of nitrogens with zero attached hydrogens (tertiary/aromatic N) is 7. The zero-order valence-corrected chi connectivity index (χ0v) is 18.0. The molecule has 0 amide bonds. The zero-order chi connectivity index (χ0) is 22.0. The Hall–Kier alpha value is -4.08. The first-order chi connectivity index (χ1) is 14.9. The second kappa shape index (κ2) is 8.34. The fourth-order valence-electron chi connectivity index (χ4n) is 3.14. The van der Waals surface area contributed by atoms with E-state index in [-0.39, 0.29) is 0 Å². The van der Waals surface area contributed by atoms with Gasteiger partial charge in [-0.25, -0.2) is 24.9 Å². The van der Waals surface area contributed by atoms with Gasteiger partial charge >= 0.3 is 0 Å². The summed E-state index contributed by atoms with van der Waals surface area (Å²) in [4.78, 5) is 21.5. The van der Waals surface area contributed by atoms with Gasteiger partial charge in [-0.2, -0.15) is 5.10 Å². The molecule has 0 radical (unpaired) electrons. The fraction of sp³-hybridized carbons (Fsp3) is 0.238. The molecule has 0 aliphatic carbocycles. The van der Waals surface area contributed by atoms with Gasteiger partial charge in [0.05, 0.1) is 13.3 Å². The number of ether oxygens (including phenoxy) is 1. The standard InChI is InChI=1S/C21H23N9O/c1-12-6-18(23-10-22-12)28-19-8-20(25-11-24-19)29-21-17(31-5)7-15(13(2)27-21)16-9-26-30(4)14(16)3/h6-11H,1-5H3,(H2,22,23,24,25,27,28,29). The highest BCUT2D eigenvalue weighted by Gasteiger charge is 2.16. The van der Waals surface area contributed by atoms with Gasteiger partial charge in [-0.05, 0) is 26.8 Å². The third-order valence-corrected chi connectivity index (χ3v) is 4.90. The van der Waals surface area contributed by atoms with Crippen molar-refractivity contribution in [3.05, 3.63) is 54.1 Å². The predicted molar refractivity (Wildman–Crippen MR) is 118 cm³/mol. The van der Waals surface area contributed by atoms with Crippen molar-refractivity contribution < 1.29 is 4.74 Å². The van der Waals surface area contributed by atoms with Crippen LogP contribution in [0.1, 0.15) is 17.1 Å². The molecule has 0 unspecified atom stereocenters. The number of anilines is 4. The molecule has 4 aromatic rings. The molecule has 4 aromatic heterocycles. The molecule has 31 heavy (non-hydrogen) atoms. The topological polar surface area (TPSA) is 116 Å². The van der Waals surface area contributed by atoms with Crippen LogP contribution in [0.4, 0.5) is 23.3 Å². The Morgan fingerprint density at radius 1 is 0.839 bits per heavy atom. The summed E-state index contributed by atoms with van der Waals surface area (Å²) in [5.74, 6) is 2.98. The lowest BCUT2D eigenvalue weighted by Crippen LogP contribution is -2.04. The summed E-state index contributed by atoms with van der Waals surface area (Å²) in [5, 5.41) is 10.7. The highest BCUT2D eigenvalue weighted by atomic mass is 16.5. The third kappa shape index (κ3) is 4.27. The van der Waals surface area contributed by atoms with Gasteiger partial charge in [0.1, 0.15) is 30.1 Å². The van der Waals surface area contributed by atoms with Crippen LogP contribution in [-0.2, 0) is 7.05 Å². The predicted octanol–water partition coefficient (Wildman–Crippen LogP) is 3.48. The Morgan fingerprint density at radius 2 is 1.52 bits per heavy atom. The Labute approximate surface area is 179 Å². The number of rotatable bonds is 6. The van der Waals surface area contributed by atoms with E-state index in [4.69, 9.17) is 9.72 Å². The largest absolute Gasteiger partial charge is 0.493 e. The maximum Gasteiger partial charge on any atom is 0.174 e. The minimum atomic E-state index is 0.563. The van der Waals surface area contributed by atoms with E-state index < -0.39 is 0 Å². The quantitative estimate of drug-likeness (QED) is 0.486. The first kappa shape index (κ1) is 20.2. The first-order valence-corrected chi connectivity index (χ1v) is 9.64. The van der Waals surface area contributed by atoms with Crippen LogP contribution in [0, 0.1) is 20.8 Å². The zero-order valence-electron chi connectivity index (χ0n) is 18.0. The van der Waals surface area contributed by atoms with Crippen LogP contribution in [0.3, 0.4) is 0 Å². The second-order valence-electron chi connectivity index (χ2n) is 7.02. The molecule has 10 nitrogen and oxygen atoms in total. The number of hydrogen-bond acceptors (Lipinski definition) is 9. The lowest BCUT2D eigenvalue weighted by Gasteiger charge is -2.14. The van der Waals surface area contributed by atoms with E-state index in [9.17, 15) is 0 Å². The molecule has 158 valence electrons. The van der Waals surface area contributed by atoms with Crippen molar-refractivity contribution in [1.29, 1.82) is 0 Å². The average molecular weight is 417 g/mol. The van der Waals surface area contributed by atoms with E-state index in [1.54, 1.807) is 13.2 Å². The lowest BCUT2D eigenvalue weighted by atomic mass is 10.1. The molecule has 0 aromatic carbocycles. The molecule has 0 saturated carbocycles. The summed E-state index contributed by atoms with van der Waals surface area (Å²) >= 11 is 0. The molecule has 4 heterocycles. The number of aromatic nitrogens is 7. The SMILES string of the molecule is COc1cc(-c2cnn(C)c2C)c(C)nc1Nc1cc(Nc2cc(C)ncn2)ncn1. The van der Waals surface area contributed by atoms with Crippen LogP contribution in [0.15, 0.2) is 37.1 Å². The molecule has 10 heteroatoms. The van der Waals surface area contributed by atoms with Crippen molar-refractivity contribution in [1.82, 2.24) is 34.7 Å². The summed E-state index contributed by atoms with van der Waals surface area (Å²) in [6, 6.07) is 5.56. The maximum atomic E-state index is 5.59. The maximum absolute atomic E-state index is 5.59. The normalized spacial score (nSPS) is 10.7. The first-order valence-electron chi connectivity index (χ1n) is 9.64. The summed E-state index contributed by atoms with van der Waals surface area (Å²) in [7, 11) is 3.53. The second-order valence-corrected chi connectivity index (χ2v) is 7.02. The number of hydrogen-bond donors (Lipinski definition) is 2. The summed E-state index contributed by atoms with van der Waals surface area (Å²) in [6.07, 6.45) is 4.80. The molecule has 4 rings (SSSR count). The number of methoxy groups -OCH3 is 1. The van der Waals surface area contributed by atoms with E-state index in [1.807, 2.05) is 50.8 Å². The monoisotopic (exact) mass is 417 g/mol. The van der Waals surface area contributed by atoms with Crippen LogP contribution in [0.25, 0.3) is 11.1 Å². The Balaban J connectivity index is 1.62. The van der Waals surface area contributed by atoms with Gasteiger partial charge in [0.15, 0.2) is 11.6 Å². The summed E-state index contributed by atoms with van der Waals surface area (Å²) in [6.45, 7) is 5.88. The fourth-order valence-corrected chi connectivity index (χ4v) is 3.14. The van der Waals surface area contributed by atoms with Crippen LogP contribution < -0.4 is 15.4 Å². The van der Waals surface area contributed by atoms with Crippen molar-refractivity contribution in [3.63, 3.8) is 0 Å². The van der Waals surface area contributed by atoms with Crippen LogP contribution in [0.5, 0.6) is 5.75 Å². The van der Waals surface area contributed by atoms with Crippen molar-refractivity contribution >= 4 is 23.3 Å². The molecule has 0 fully saturated rings. The minimum absolute atomic E-state index is 0.563. The molecule has 0 spiro atoms. The van der Waals surface area contributed by atoms with E-state index in [2.05, 4.69) is 35.7 Å². The summed E-state index contributed by atoms with van der Waals surface area (Å²) in [5.41, 5.74) is 4.75. The number of nitrogens with one attached hydrogen (secondary N) is 2. The Bertz CT molecular complexity index is 1240. The number of aryl methyl sites for hydroxylation is 3. The van der Waals surface area contributed by atoms with E-state index in [0.717, 1.165) is 28.2 Å². The van der Waals surface area contributed by atoms with Crippen LogP contribution >= 0.6 is 0 Å². The third-order valence-electron chi connectivity index (χ3n) is 4.90. The van der Waals surface area contributed by atoms with E-state index >= 15 is 0 Å². The molecule has 2 N–H and O–H groups in total. The summed E-state index contributed by atoms with van der Waals surface area (Å²) < 4.78 is 7.43. The smallest absolute Gasteiger partial charge is 0.174 e. The molecular formula is C21H23N9O. The molecular weight excluding hydrogens is 394 g/mol. The molecule has 0 aliphatic heterocycles. The van der Waals surface area contributed by atoms with Crippen molar-refractivity contribution in [3.8, 4) is 16.9 Å². The van der Waals surface area contributed by atoms with Crippen LogP contribution in [-0.4, -0.2) is 41.8 Å². The van der Waals surface area contributed by atoms with E-state index in [1.165, 1.54) is 12.7 Å². The molecule has 0 bridgehead atoms. The van der Waals surface area contributed by atoms with Crippen LogP contribution in [0.2, 0.25) is 0 Å². The molecule has 0 aliphatic rings. The Kier molecular flexibility index (Phi) is 5.44. The van der Waals surface area contributed by atoms with Gasteiger partial charge in [-0.3, -0.25) is 4.68 Å². The van der Waals surface area contributed by atoms with Crippen molar-refractivity contribution in [2.45, 2.75) is 20.8 Å². The molecule has 0 saturated heterocycles. The van der Waals surface area contributed by atoms with Gasteiger partial charge < -0.3 is 15.4 Å². The van der Waals surface area contributed by atoms with Crippen molar-refractivity contribution in [2.24, 2.45) is 7.05 Å².